The fraction of sp³-hybridized carbons (Fsp3) is 0.368. The van der Waals surface area contributed by atoms with Crippen LogP contribution in [0.1, 0.15) is 24.0 Å². The molecule has 2 aromatic rings. The summed E-state index contributed by atoms with van der Waals surface area (Å²) in [5, 5.41) is 3.35. The van der Waals surface area contributed by atoms with E-state index in [1.54, 1.807) is 12.1 Å². The number of hydrogen-bond acceptors (Lipinski definition) is 3. The fourth-order valence-electron chi connectivity index (χ4n) is 2.62. The molecule has 1 saturated heterocycles. The minimum atomic E-state index is -0.202. The van der Waals surface area contributed by atoms with Crippen molar-refractivity contribution in [1.29, 1.82) is 0 Å². The second-order valence-corrected chi connectivity index (χ2v) is 5.82. The quantitative estimate of drug-likeness (QED) is 0.845. The van der Waals surface area contributed by atoms with E-state index in [4.69, 9.17) is 9.47 Å². The Morgan fingerprint density at radius 1 is 1.00 bits per heavy atom. The summed E-state index contributed by atoms with van der Waals surface area (Å²) < 4.78 is 24.1. The van der Waals surface area contributed by atoms with Crippen LogP contribution in [0.2, 0.25) is 0 Å². The molecule has 23 heavy (non-hydrogen) atoms. The molecule has 122 valence electrons. The van der Waals surface area contributed by atoms with Crippen LogP contribution in [0.3, 0.4) is 0 Å². The number of rotatable bonds is 7. The second kappa shape index (κ2) is 8.09. The molecular weight excluding hydrogens is 293 g/mol. The van der Waals surface area contributed by atoms with Crippen molar-refractivity contribution in [1.82, 2.24) is 5.32 Å². The predicted octanol–water partition coefficient (Wildman–Crippen LogP) is 3.67. The topological polar surface area (TPSA) is 30.5 Å². The van der Waals surface area contributed by atoms with Crippen LogP contribution in [-0.2, 0) is 17.8 Å². The monoisotopic (exact) mass is 315 g/mol. The lowest BCUT2D eigenvalue weighted by Crippen LogP contribution is -2.16. The van der Waals surface area contributed by atoms with Gasteiger partial charge in [0.1, 0.15) is 18.2 Å². The zero-order chi connectivity index (χ0) is 15.9. The van der Waals surface area contributed by atoms with Gasteiger partial charge in [-0.05, 0) is 48.2 Å². The van der Waals surface area contributed by atoms with Gasteiger partial charge in [-0.25, -0.2) is 4.39 Å². The van der Waals surface area contributed by atoms with Crippen LogP contribution < -0.4 is 10.1 Å². The second-order valence-electron chi connectivity index (χ2n) is 5.82. The molecule has 3 nitrogen and oxygen atoms in total. The summed E-state index contributed by atoms with van der Waals surface area (Å²) in [4.78, 5) is 0. The van der Waals surface area contributed by atoms with Gasteiger partial charge in [0.05, 0.1) is 6.10 Å². The minimum Gasteiger partial charge on any atom is -0.491 e. The van der Waals surface area contributed by atoms with Crippen molar-refractivity contribution in [2.24, 2.45) is 0 Å². The first-order chi connectivity index (χ1) is 11.3. The van der Waals surface area contributed by atoms with Gasteiger partial charge in [0.15, 0.2) is 0 Å². The molecule has 1 aliphatic heterocycles. The van der Waals surface area contributed by atoms with Crippen LogP contribution in [0, 0.1) is 5.82 Å². The molecule has 0 amide bonds. The lowest BCUT2D eigenvalue weighted by Gasteiger charge is -2.12. The molecule has 2 aromatic carbocycles. The molecule has 1 unspecified atom stereocenters. The van der Waals surface area contributed by atoms with Crippen molar-refractivity contribution < 1.29 is 13.9 Å². The summed E-state index contributed by atoms with van der Waals surface area (Å²) in [6.45, 7) is 2.97. The maximum atomic E-state index is 12.8. The van der Waals surface area contributed by atoms with E-state index in [1.807, 2.05) is 12.1 Å². The molecule has 3 rings (SSSR count). The van der Waals surface area contributed by atoms with E-state index in [2.05, 4.69) is 17.4 Å². The van der Waals surface area contributed by atoms with Gasteiger partial charge in [-0.15, -0.1) is 0 Å². The average molecular weight is 315 g/mol. The Morgan fingerprint density at radius 2 is 1.65 bits per heavy atom. The molecule has 0 radical (unpaired) electrons. The van der Waals surface area contributed by atoms with Crippen molar-refractivity contribution in [3.63, 3.8) is 0 Å². The SMILES string of the molecule is Fc1ccc(CNCc2ccc(OCC3CCCO3)cc2)cc1. The zero-order valence-corrected chi connectivity index (χ0v) is 13.1. The third-order valence-corrected chi connectivity index (χ3v) is 3.95. The summed E-state index contributed by atoms with van der Waals surface area (Å²) >= 11 is 0. The van der Waals surface area contributed by atoms with Crippen LogP contribution in [0.25, 0.3) is 0 Å². The Bertz CT molecular complexity index is 592. The standard InChI is InChI=1S/C19H22FNO2/c20-17-7-3-15(4-8-17)12-21-13-16-5-9-18(10-6-16)23-14-19-2-1-11-22-19/h3-10,19,21H,1-2,11-14H2. The molecule has 0 aromatic heterocycles. The molecular formula is C19H22FNO2. The van der Waals surface area contributed by atoms with Gasteiger partial charge in [-0.1, -0.05) is 24.3 Å². The molecule has 1 N–H and O–H groups in total. The first-order valence-electron chi connectivity index (χ1n) is 8.08. The zero-order valence-electron chi connectivity index (χ0n) is 13.1. The molecule has 0 bridgehead atoms. The normalized spacial score (nSPS) is 17.3. The largest absolute Gasteiger partial charge is 0.491 e. The van der Waals surface area contributed by atoms with Crippen LogP contribution in [-0.4, -0.2) is 19.3 Å². The van der Waals surface area contributed by atoms with Gasteiger partial charge >= 0.3 is 0 Å². The highest BCUT2D eigenvalue weighted by Gasteiger charge is 2.15. The number of nitrogens with one attached hydrogen (secondary N) is 1. The molecule has 1 heterocycles. The van der Waals surface area contributed by atoms with Crippen LogP contribution in [0.4, 0.5) is 4.39 Å². The molecule has 1 atom stereocenters. The Kier molecular flexibility index (Phi) is 5.61. The highest BCUT2D eigenvalue weighted by atomic mass is 19.1. The predicted molar refractivity (Wildman–Crippen MR) is 87.9 cm³/mol. The van der Waals surface area contributed by atoms with Crippen molar-refractivity contribution >= 4 is 0 Å². The summed E-state index contributed by atoms with van der Waals surface area (Å²) in [6, 6.07) is 14.7. The lowest BCUT2D eigenvalue weighted by molar-refractivity contribution is 0.0679. The smallest absolute Gasteiger partial charge is 0.123 e. The van der Waals surface area contributed by atoms with Gasteiger partial charge < -0.3 is 14.8 Å². The number of hydrogen-bond donors (Lipinski definition) is 1. The van der Waals surface area contributed by atoms with E-state index >= 15 is 0 Å². The Labute approximate surface area is 136 Å². The highest BCUT2D eigenvalue weighted by Crippen LogP contribution is 2.16. The van der Waals surface area contributed by atoms with Crippen molar-refractivity contribution in [3.05, 3.63) is 65.5 Å². The van der Waals surface area contributed by atoms with Crippen molar-refractivity contribution in [2.75, 3.05) is 13.2 Å². The van der Waals surface area contributed by atoms with Gasteiger partial charge in [0, 0.05) is 19.7 Å². The number of halogens is 1. The lowest BCUT2D eigenvalue weighted by atomic mass is 10.2. The van der Waals surface area contributed by atoms with Crippen LogP contribution >= 0.6 is 0 Å². The van der Waals surface area contributed by atoms with Crippen LogP contribution in [0.15, 0.2) is 48.5 Å². The van der Waals surface area contributed by atoms with Crippen molar-refractivity contribution in [2.45, 2.75) is 32.0 Å². The molecule has 1 aliphatic rings. The highest BCUT2D eigenvalue weighted by molar-refractivity contribution is 5.27. The summed E-state index contributed by atoms with van der Waals surface area (Å²) in [6.07, 6.45) is 2.46. The van der Waals surface area contributed by atoms with E-state index in [-0.39, 0.29) is 11.9 Å². The first-order valence-corrected chi connectivity index (χ1v) is 8.08. The van der Waals surface area contributed by atoms with Gasteiger partial charge in [0.2, 0.25) is 0 Å². The number of ether oxygens (including phenoxy) is 2. The Morgan fingerprint density at radius 3 is 2.26 bits per heavy atom. The average Bonchev–Trinajstić information content (AvgIpc) is 3.09. The maximum Gasteiger partial charge on any atom is 0.123 e. The summed E-state index contributed by atoms with van der Waals surface area (Å²) in [7, 11) is 0. The first kappa shape index (κ1) is 16.0. The molecule has 0 saturated carbocycles. The van der Waals surface area contributed by atoms with E-state index in [0.717, 1.165) is 43.9 Å². The van der Waals surface area contributed by atoms with E-state index in [1.165, 1.54) is 17.7 Å². The maximum absolute atomic E-state index is 12.8. The van der Waals surface area contributed by atoms with Crippen LogP contribution in [0.5, 0.6) is 5.75 Å². The van der Waals surface area contributed by atoms with E-state index in [9.17, 15) is 4.39 Å². The van der Waals surface area contributed by atoms with Crippen molar-refractivity contribution in [3.8, 4) is 5.75 Å². The molecule has 0 spiro atoms. The third kappa shape index (κ3) is 5.05. The third-order valence-electron chi connectivity index (χ3n) is 3.95. The molecule has 0 aliphatic carbocycles. The minimum absolute atomic E-state index is 0.202. The van der Waals surface area contributed by atoms with E-state index < -0.39 is 0 Å². The Hall–Kier alpha value is -1.91. The Balaban J connectivity index is 1.41. The summed E-state index contributed by atoms with van der Waals surface area (Å²) in [5.41, 5.74) is 2.26. The fourth-order valence-corrected chi connectivity index (χ4v) is 2.62. The number of benzene rings is 2. The van der Waals surface area contributed by atoms with Gasteiger partial charge in [-0.2, -0.15) is 0 Å². The summed E-state index contributed by atoms with van der Waals surface area (Å²) in [5.74, 6) is 0.676. The van der Waals surface area contributed by atoms with Gasteiger partial charge in [0.25, 0.3) is 0 Å². The molecule has 1 fully saturated rings. The molecule has 4 heteroatoms. The van der Waals surface area contributed by atoms with Gasteiger partial charge in [-0.3, -0.25) is 0 Å². The van der Waals surface area contributed by atoms with E-state index in [0.29, 0.717) is 6.61 Å².